The number of carbonyl (C=O) groups excluding carboxylic acids is 1. The summed E-state index contributed by atoms with van der Waals surface area (Å²) in [7, 11) is 2.77. The van der Waals surface area contributed by atoms with Gasteiger partial charge in [-0.3, -0.25) is 4.79 Å². The van der Waals surface area contributed by atoms with Gasteiger partial charge in [0.05, 0.1) is 20.1 Å². The zero-order chi connectivity index (χ0) is 13.5. The predicted octanol–water partition coefficient (Wildman–Crippen LogP) is 2.45. The third-order valence-corrected chi connectivity index (χ3v) is 2.73. The molecule has 0 saturated carbocycles. The summed E-state index contributed by atoms with van der Waals surface area (Å²) < 4.78 is 22.9. The van der Waals surface area contributed by atoms with Crippen LogP contribution < -0.4 is 10.1 Å². The molecule has 1 atom stereocenters. The van der Waals surface area contributed by atoms with Crippen LogP contribution in [0.1, 0.15) is 13.3 Å². The number of carbonyl (C=O) groups is 1. The van der Waals surface area contributed by atoms with Crippen molar-refractivity contribution in [1.29, 1.82) is 0 Å². The van der Waals surface area contributed by atoms with Crippen LogP contribution in [-0.4, -0.2) is 26.7 Å². The van der Waals surface area contributed by atoms with Crippen molar-refractivity contribution in [2.75, 3.05) is 26.1 Å². The molecule has 18 heavy (non-hydrogen) atoms. The Morgan fingerprint density at radius 2 is 2.17 bits per heavy atom. The van der Waals surface area contributed by atoms with Gasteiger partial charge in [0.1, 0.15) is 0 Å². The minimum absolute atomic E-state index is 0.195. The number of nitrogens with one attached hydrogen (secondary N) is 1. The van der Waals surface area contributed by atoms with Crippen LogP contribution in [0, 0.1) is 11.7 Å². The summed E-state index contributed by atoms with van der Waals surface area (Å²) in [5, 5.41) is 3.01. The number of hydrogen-bond acceptors (Lipinski definition) is 4. The van der Waals surface area contributed by atoms with Crippen LogP contribution in [0.2, 0.25) is 0 Å². The highest BCUT2D eigenvalue weighted by Crippen LogP contribution is 2.21. The van der Waals surface area contributed by atoms with Gasteiger partial charge in [0.15, 0.2) is 11.6 Å². The second kappa shape index (κ2) is 6.83. The molecule has 0 aliphatic heterocycles. The van der Waals surface area contributed by atoms with Crippen molar-refractivity contribution in [3.63, 3.8) is 0 Å². The van der Waals surface area contributed by atoms with Crippen LogP contribution in [0.3, 0.4) is 0 Å². The third kappa shape index (κ3) is 3.61. The summed E-state index contributed by atoms with van der Waals surface area (Å²) in [6.45, 7) is 2.31. The van der Waals surface area contributed by atoms with Crippen LogP contribution in [0.5, 0.6) is 5.75 Å². The zero-order valence-electron chi connectivity index (χ0n) is 10.8. The highest BCUT2D eigenvalue weighted by molar-refractivity contribution is 5.73. The molecule has 0 amide bonds. The van der Waals surface area contributed by atoms with Gasteiger partial charge in [-0.2, -0.15) is 0 Å². The first-order valence-electron chi connectivity index (χ1n) is 5.77. The maximum atomic E-state index is 13.4. The maximum absolute atomic E-state index is 13.4. The molecule has 1 unspecified atom stereocenters. The van der Waals surface area contributed by atoms with Crippen LogP contribution in [0.4, 0.5) is 10.1 Å². The molecule has 0 fully saturated rings. The second-order valence-corrected chi connectivity index (χ2v) is 3.86. The third-order valence-electron chi connectivity index (χ3n) is 2.73. The molecule has 0 aliphatic carbocycles. The Morgan fingerprint density at radius 1 is 1.44 bits per heavy atom. The highest BCUT2D eigenvalue weighted by Gasteiger charge is 2.16. The lowest BCUT2D eigenvalue weighted by Gasteiger charge is -2.14. The van der Waals surface area contributed by atoms with E-state index in [1.54, 1.807) is 6.07 Å². The number of benzene rings is 1. The average molecular weight is 255 g/mol. The summed E-state index contributed by atoms with van der Waals surface area (Å²) in [5.41, 5.74) is 0.607. The van der Waals surface area contributed by atoms with Crippen molar-refractivity contribution in [3.05, 3.63) is 24.0 Å². The summed E-state index contributed by atoms with van der Waals surface area (Å²) in [5.74, 6) is -0.742. The van der Waals surface area contributed by atoms with Crippen molar-refractivity contribution in [2.45, 2.75) is 13.3 Å². The molecule has 100 valence electrons. The molecule has 4 nitrogen and oxygen atoms in total. The minimum Gasteiger partial charge on any atom is -0.494 e. The van der Waals surface area contributed by atoms with E-state index in [2.05, 4.69) is 10.1 Å². The molecule has 0 bridgehead atoms. The Kier molecular flexibility index (Phi) is 5.42. The number of rotatable bonds is 6. The smallest absolute Gasteiger partial charge is 0.310 e. The maximum Gasteiger partial charge on any atom is 0.310 e. The Bertz CT molecular complexity index is 409. The lowest BCUT2D eigenvalue weighted by Crippen LogP contribution is -2.23. The van der Waals surface area contributed by atoms with Gasteiger partial charge in [-0.25, -0.2) is 4.39 Å². The standard InChI is InChI=1S/C13H18FNO3/c1-4-9(13(16)18-3)8-15-10-5-6-12(17-2)11(14)7-10/h5-7,9,15H,4,8H2,1-3H3. The number of esters is 1. The zero-order valence-corrected chi connectivity index (χ0v) is 10.8. The molecule has 1 aromatic rings. The SMILES string of the molecule is CCC(CNc1ccc(OC)c(F)c1)C(=O)OC. The topological polar surface area (TPSA) is 47.6 Å². The Morgan fingerprint density at radius 3 is 2.67 bits per heavy atom. The van der Waals surface area contributed by atoms with Gasteiger partial charge in [-0.1, -0.05) is 6.92 Å². The fourth-order valence-corrected chi connectivity index (χ4v) is 1.58. The first kappa shape index (κ1) is 14.3. The molecule has 0 saturated heterocycles. The van der Waals surface area contributed by atoms with Crippen LogP contribution in [0.25, 0.3) is 0 Å². The van der Waals surface area contributed by atoms with Crippen LogP contribution in [-0.2, 0) is 9.53 Å². The Balaban J connectivity index is 2.62. The van der Waals surface area contributed by atoms with E-state index in [0.717, 1.165) is 0 Å². The van der Waals surface area contributed by atoms with Gasteiger partial charge >= 0.3 is 5.97 Å². The van der Waals surface area contributed by atoms with Gasteiger partial charge < -0.3 is 14.8 Å². The van der Waals surface area contributed by atoms with Crippen molar-refractivity contribution >= 4 is 11.7 Å². The van der Waals surface area contributed by atoms with Crippen LogP contribution >= 0.6 is 0 Å². The van der Waals surface area contributed by atoms with Crippen molar-refractivity contribution in [2.24, 2.45) is 5.92 Å². The fraction of sp³-hybridized carbons (Fsp3) is 0.462. The van der Waals surface area contributed by atoms with E-state index in [1.807, 2.05) is 6.92 Å². The molecule has 1 aromatic carbocycles. The molecule has 1 rings (SSSR count). The number of anilines is 1. The fourth-order valence-electron chi connectivity index (χ4n) is 1.58. The van der Waals surface area contributed by atoms with E-state index in [1.165, 1.54) is 26.4 Å². The number of ether oxygens (including phenoxy) is 2. The normalized spacial score (nSPS) is 11.8. The minimum atomic E-state index is -0.436. The van der Waals surface area contributed by atoms with Gasteiger partial charge in [0, 0.05) is 18.3 Å². The van der Waals surface area contributed by atoms with Crippen molar-refractivity contribution in [3.8, 4) is 5.75 Å². The van der Waals surface area contributed by atoms with Gasteiger partial charge in [-0.15, -0.1) is 0 Å². The summed E-state index contributed by atoms with van der Waals surface area (Å²) in [4.78, 5) is 11.4. The van der Waals surface area contributed by atoms with E-state index in [9.17, 15) is 9.18 Å². The largest absolute Gasteiger partial charge is 0.494 e. The molecular weight excluding hydrogens is 237 g/mol. The summed E-state index contributed by atoms with van der Waals surface area (Å²) in [6, 6.07) is 4.57. The monoisotopic (exact) mass is 255 g/mol. The molecule has 0 radical (unpaired) electrons. The summed E-state index contributed by atoms with van der Waals surface area (Å²) >= 11 is 0. The average Bonchev–Trinajstić information content (AvgIpc) is 2.39. The number of halogens is 1. The lowest BCUT2D eigenvalue weighted by molar-refractivity contribution is -0.145. The van der Waals surface area contributed by atoms with E-state index in [4.69, 9.17) is 4.74 Å². The van der Waals surface area contributed by atoms with Gasteiger partial charge in [-0.05, 0) is 18.6 Å². The number of hydrogen-bond donors (Lipinski definition) is 1. The second-order valence-electron chi connectivity index (χ2n) is 3.86. The number of methoxy groups -OCH3 is 2. The molecule has 0 aliphatic rings. The molecule has 0 aromatic heterocycles. The molecule has 0 spiro atoms. The van der Waals surface area contributed by atoms with Crippen molar-refractivity contribution < 1.29 is 18.7 Å². The van der Waals surface area contributed by atoms with E-state index < -0.39 is 5.82 Å². The van der Waals surface area contributed by atoms with Crippen LogP contribution in [0.15, 0.2) is 18.2 Å². The Labute approximate surface area is 106 Å². The molecule has 5 heteroatoms. The first-order valence-corrected chi connectivity index (χ1v) is 5.77. The quantitative estimate of drug-likeness (QED) is 0.793. The molecule has 1 N–H and O–H groups in total. The lowest BCUT2D eigenvalue weighted by atomic mass is 10.1. The summed E-state index contributed by atoms with van der Waals surface area (Å²) in [6.07, 6.45) is 0.665. The molecular formula is C13H18FNO3. The predicted molar refractivity (Wildman–Crippen MR) is 67.2 cm³/mol. The highest BCUT2D eigenvalue weighted by atomic mass is 19.1. The van der Waals surface area contributed by atoms with E-state index in [0.29, 0.717) is 18.7 Å². The Hall–Kier alpha value is -1.78. The van der Waals surface area contributed by atoms with Gasteiger partial charge in [0.2, 0.25) is 0 Å². The van der Waals surface area contributed by atoms with E-state index in [-0.39, 0.29) is 17.6 Å². The van der Waals surface area contributed by atoms with Gasteiger partial charge in [0.25, 0.3) is 0 Å². The first-order chi connectivity index (χ1) is 8.62. The van der Waals surface area contributed by atoms with E-state index >= 15 is 0 Å². The van der Waals surface area contributed by atoms with Crippen molar-refractivity contribution in [1.82, 2.24) is 0 Å². The molecule has 0 heterocycles.